The number of carbonyl (C=O) groups excluding carboxylic acids is 2. The smallest absolute Gasteiger partial charge is 0.271 e. The van der Waals surface area contributed by atoms with Gasteiger partial charge >= 0.3 is 0 Å². The van der Waals surface area contributed by atoms with Gasteiger partial charge in [-0.1, -0.05) is 62.4 Å². The van der Waals surface area contributed by atoms with Gasteiger partial charge in [-0.25, -0.2) is 0 Å². The van der Waals surface area contributed by atoms with E-state index in [1.807, 2.05) is 54.3 Å². The molecule has 0 spiro atoms. The number of aromatic nitrogens is 1. The molecule has 0 bridgehead atoms. The second-order valence-electron chi connectivity index (χ2n) is 8.82. The van der Waals surface area contributed by atoms with Gasteiger partial charge in [-0.3, -0.25) is 9.59 Å². The number of amides is 2. The summed E-state index contributed by atoms with van der Waals surface area (Å²) in [4.78, 5) is 31.7. The monoisotopic (exact) mass is 407 g/mol. The van der Waals surface area contributed by atoms with E-state index in [4.69, 9.17) is 0 Å². The van der Waals surface area contributed by atoms with Crippen LogP contribution in [0.3, 0.4) is 0 Å². The number of H-pyrrole nitrogens is 1. The minimum atomic E-state index is -0.467. The lowest BCUT2D eigenvalue weighted by Gasteiger charge is -2.35. The zero-order chi connectivity index (χ0) is 20.9. The van der Waals surface area contributed by atoms with E-state index in [0.717, 1.165) is 49.8 Å². The third kappa shape index (κ3) is 4.61. The second kappa shape index (κ2) is 9.50. The Morgan fingerprint density at radius 1 is 0.933 bits per heavy atom. The number of hydrogen-bond donors (Lipinski definition) is 2. The Labute approximate surface area is 179 Å². The van der Waals surface area contributed by atoms with Crippen LogP contribution in [0.5, 0.6) is 0 Å². The average molecular weight is 408 g/mol. The summed E-state index contributed by atoms with van der Waals surface area (Å²) in [5, 5.41) is 3.22. The number of nitrogens with zero attached hydrogens (tertiary/aromatic N) is 1. The lowest BCUT2D eigenvalue weighted by molar-refractivity contribution is -0.126. The van der Waals surface area contributed by atoms with E-state index >= 15 is 0 Å². The molecule has 5 nitrogen and oxygen atoms in total. The van der Waals surface area contributed by atoms with Crippen LogP contribution in [0.25, 0.3) is 11.3 Å². The van der Waals surface area contributed by atoms with Crippen molar-refractivity contribution in [2.24, 2.45) is 0 Å². The van der Waals surface area contributed by atoms with Crippen LogP contribution in [0, 0.1) is 0 Å². The van der Waals surface area contributed by atoms with Crippen molar-refractivity contribution in [2.45, 2.75) is 82.8 Å². The number of benzene rings is 1. The van der Waals surface area contributed by atoms with Gasteiger partial charge in [0.1, 0.15) is 11.7 Å². The predicted molar refractivity (Wildman–Crippen MR) is 119 cm³/mol. The van der Waals surface area contributed by atoms with E-state index < -0.39 is 6.04 Å². The minimum Gasteiger partial charge on any atom is -0.352 e. The Bertz CT molecular complexity index is 848. The first-order valence-electron chi connectivity index (χ1n) is 11.5. The lowest BCUT2D eigenvalue weighted by Crippen LogP contribution is -2.53. The Morgan fingerprint density at radius 3 is 2.30 bits per heavy atom. The first kappa shape index (κ1) is 20.7. The predicted octanol–water partition coefficient (Wildman–Crippen LogP) is 4.90. The molecule has 2 aliphatic rings. The Morgan fingerprint density at radius 2 is 1.60 bits per heavy atom. The highest BCUT2D eigenvalue weighted by atomic mass is 16.2. The van der Waals surface area contributed by atoms with Crippen molar-refractivity contribution >= 4 is 11.8 Å². The molecule has 1 aromatic heterocycles. The van der Waals surface area contributed by atoms with Crippen molar-refractivity contribution in [1.82, 2.24) is 15.2 Å². The van der Waals surface area contributed by atoms with Crippen LogP contribution in [0.1, 0.15) is 75.2 Å². The zero-order valence-corrected chi connectivity index (χ0v) is 17.9. The highest BCUT2D eigenvalue weighted by Crippen LogP contribution is 2.28. The third-order valence-electron chi connectivity index (χ3n) is 6.70. The molecule has 160 valence electrons. The molecular formula is C25H33N3O2. The third-order valence-corrected chi connectivity index (χ3v) is 6.70. The number of nitrogens with one attached hydrogen (secondary N) is 2. The van der Waals surface area contributed by atoms with Gasteiger partial charge in [0, 0.05) is 17.8 Å². The van der Waals surface area contributed by atoms with E-state index in [9.17, 15) is 9.59 Å². The van der Waals surface area contributed by atoms with Gasteiger partial charge in [0.05, 0.1) is 0 Å². The Balaban J connectivity index is 1.52. The topological polar surface area (TPSA) is 65.2 Å². The largest absolute Gasteiger partial charge is 0.352 e. The SMILES string of the molecule is C[C@@H](C(=O)NC1CCCCC1)N(C(=O)c1ccc(-c2ccccc2)[nH]1)C1CCCC1. The van der Waals surface area contributed by atoms with Gasteiger partial charge in [-0.15, -0.1) is 0 Å². The Hall–Kier alpha value is -2.56. The van der Waals surface area contributed by atoms with Crippen molar-refractivity contribution in [3.8, 4) is 11.3 Å². The fourth-order valence-corrected chi connectivity index (χ4v) is 4.98. The van der Waals surface area contributed by atoms with Crippen molar-refractivity contribution < 1.29 is 9.59 Å². The summed E-state index contributed by atoms with van der Waals surface area (Å²) in [6.45, 7) is 1.88. The molecule has 2 aromatic rings. The van der Waals surface area contributed by atoms with Gasteiger partial charge in [0.15, 0.2) is 0 Å². The van der Waals surface area contributed by atoms with Crippen LogP contribution >= 0.6 is 0 Å². The van der Waals surface area contributed by atoms with Crippen LogP contribution in [0.2, 0.25) is 0 Å². The molecule has 2 amide bonds. The molecule has 30 heavy (non-hydrogen) atoms. The van der Waals surface area contributed by atoms with E-state index in [1.54, 1.807) is 0 Å². The molecule has 0 aliphatic heterocycles. The van der Waals surface area contributed by atoms with Crippen molar-refractivity contribution in [1.29, 1.82) is 0 Å². The van der Waals surface area contributed by atoms with Crippen molar-refractivity contribution in [3.63, 3.8) is 0 Å². The molecule has 1 atom stereocenters. The summed E-state index contributed by atoms with van der Waals surface area (Å²) in [7, 11) is 0. The molecule has 2 N–H and O–H groups in total. The van der Waals surface area contributed by atoms with Crippen LogP contribution < -0.4 is 5.32 Å². The number of hydrogen-bond acceptors (Lipinski definition) is 2. The van der Waals surface area contributed by atoms with Gasteiger partial charge < -0.3 is 15.2 Å². The average Bonchev–Trinajstić information content (AvgIpc) is 3.48. The second-order valence-corrected chi connectivity index (χ2v) is 8.82. The van der Waals surface area contributed by atoms with Crippen LogP contribution in [-0.2, 0) is 4.79 Å². The van der Waals surface area contributed by atoms with Crippen molar-refractivity contribution in [2.75, 3.05) is 0 Å². The summed E-state index contributed by atoms with van der Waals surface area (Å²) in [5.74, 6) is -0.0904. The molecule has 1 heterocycles. The van der Waals surface area contributed by atoms with E-state index in [-0.39, 0.29) is 23.9 Å². The van der Waals surface area contributed by atoms with Gasteiger partial charge in [-0.05, 0) is 50.3 Å². The maximum absolute atomic E-state index is 13.5. The molecule has 5 heteroatoms. The fraction of sp³-hybridized carbons (Fsp3) is 0.520. The summed E-state index contributed by atoms with van der Waals surface area (Å²) in [5.41, 5.74) is 2.52. The molecule has 2 saturated carbocycles. The van der Waals surface area contributed by atoms with Gasteiger partial charge in [0.25, 0.3) is 5.91 Å². The van der Waals surface area contributed by atoms with Crippen molar-refractivity contribution in [3.05, 3.63) is 48.2 Å². The summed E-state index contributed by atoms with van der Waals surface area (Å²) in [6.07, 6.45) is 9.88. The molecule has 1 aromatic carbocycles. The van der Waals surface area contributed by atoms with E-state index in [0.29, 0.717) is 5.69 Å². The number of rotatable bonds is 6. The van der Waals surface area contributed by atoms with E-state index in [1.165, 1.54) is 19.3 Å². The lowest BCUT2D eigenvalue weighted by atomic mass is 9.95. The minimum absolute atomic E-state index is 0.0167. The highest BCUT2D eigenvalue weighted by Gasteiger charge is 2.35. The number of aromatic amines is 1. The number of carbonyl (C=O) groups is 2. The first-order chi connectivity index (χ1) is 14.6. The molecule has 0 radical (unpaired) electrons. The maximum Gasteiger partial charge on any atom is 0.271 e. The highest BCUT2D eigenvalue weighted by molar-refractivity contribution is 5.97. The Kier molecular flexibility index (Phi) is 6.56. The first-order valence-corrected chi connectivity index (χ1v) is 11.5. The van der Waals surface area contributed by atoms with Crippen LogP contribution in [0.15, 0.2) is 42.5 Å². The molecular weight excluding hydrogens is 374 g/mol. The molecule has 4 rings (SSSR count). The van der Waals surface area contributed by atoms with Crippen LogP contribution in [0.4, 0.5) is 0 Å². The maximum atomic E-state index is 13.5. The molecule has 0 unspecified atom stereocenters. The normalized spacial score (nSPS) is 18.8. The molecule has 2 fully saturated rings. The fourth-order valence-electron chi connectivity index (χ4n) is 4.98. The summed E-state index contributed by atoms with van der Waals surface area (Å²) < 4.78 is 0. The standard InChI is InChI=1S/C25H33N3O2/c1-18(24(29)26-20-12-6-3-7-13-20)28(21-14-8-9-15-21)25(30)23-17-16-22(27-23)19-10-4-2-5-11-19/h2,4-5,10-11,16-18,20-21,27H,3,6-9,12-15H2,1H3,(H,26,29)/t18-/m0/s1. The summed E-state index contributed by atoms with van der Waals surface area (Å²) >= 11 is 0. The van der Waals surface area contributed by atoms with E-state index in [2.05, 4.69) is 10.3 Å². The molecule has 2 aliphatic carbocycles. The van der Waals surface area contributed by atoms with Crippen LogP contribution in [-0.4, -0.2) is 39.8 Å². The van der Waals surface area contributed by atoms with Gasteiger partial charge in [-0.2, -0.15) is 0 Å². The zero-order valence-electron chi connectivity index (χ0n) is 17.9. The quantitative estimate of drug-likeness (QED) is 0.715. The molecule has 0 saturated heterocycles. The van der Waals surface area contributed by atoms with Gasteiger partial charge in [0.2, 0.25) is 5.91 Å². The summed E-state index contributed by atoms with van der Waals surface area (Å²) in [6, 6.07) is 13.7.